The number of carbonyl (C=O) groups excluding carboxylic acids is 2. The molecule has 8 nitrogen and oxygen atoms in total. The fourth-order valence-electron chi connectivity index (χ4n) is 4.63. The van der Waals surface area contributed by atoms with E-state index in [0.29, 0.717) is 30.2 Å². The van der Waals surface area contributed by atoms with Crippen LogP contribution >= 0.6 is 0 Å². The first-order valence-electron chi connectivity index (χ1n) is 11.4. The molecule has 2 heterocycles. The lowest BCUT2D eigenvalue weighted by Gasteiger charge is -2.43. The molecule has 0 bridgehead atoms. The van der Waals surface area contributed by atoms with Crippen molar-refractivity contribution in [1.82, 2.24) is 20.0 Å². The molecule has 0 unspecified atom stereocenters. The number of rotatable bonds is 7. The minimum absolute atomic E-state index is 0.0718. The van der Waals surface area contributed by atoms with Crippen molar-refractivity contribution in [3.63, 3.8) is 0 Å². The predicted octanol–water partition coefficient (Wildman–Crippen LogP) is 3.26. The van der Waals surface area contributed by atoms with E-state index >= 15 is 0 Å². The van der Waals surface area contributed by atoms with Crippen LogP contribution in [0.1, 0.15) is 35.8 Å². The van der Waals surface area contributed by atoms with Gasteiger partial charge in [0, 0.05) is 23.7 Å². The van der Waals surface area contributed by atoms with E-state index in [-0.39, 0.29) is 17.9 Å². The van der Waals surface area contributed by atoms with Gasteiger partial charge in [0.05, 0.1) is 26.5 Å². The number of fused-ring (bicyclic) bond motifs is 1. The van der Waals surface area contributed by atoms with Gasteiger partial charge in [0.2, 0.25) is 5.91 Å². The molecule has 1 saturated carbocycles. The van der Waals surface area contributed by atoms with Gasteiger partial charge in [-0.1, -0.05) is 18.2 Å². The number of aromatic nitrogens is 2. The Morgan fingerprint density at radius 2 is 1.85 bits per heavy atom. The third-order valence-electron chi connectivity index (χ3n) is 6.63. The van der Waals surface area contributed by atoms with E-state index < -0.39 is 5.54 Å². The van der Waals surface area contributed by atoms with Gasteiger partial charge in [-0.15, -0.1) is 0 Å². The summed E-state index contributed by atoms with van der Waals surface area (Å²) in [5.41, 5.74) is 1.92. The number of amides is 2. The largest absolute Gasteiger partial charge is 0.497 e. The molecule has 1 aromatic heterocycles. The smallest absolute Gasteiger partial charge is 0.273 e. The van der Waals surface area contributed by atoms with Crippen LogP contribution in [-0.4, -0.2) is 52.3 Å². The molecule has 1 N–H and O–H groups in total. The molecule has 34 heavy (non-hydrogen) atoms. The monoisotopic (exact) mass is 460 g/mol. The highest BCUT2D eigenvalue weighted by atomic mass is 16.5. The van der Waals surface area contributed by atoms with Gasteiger partial charge in [0.25, 0.3) is 5.91 Å². The van der Waals surface area contributed by atoms with Gasteiger partial charge in [-0.25, -0.2) is 0 Å². The van der Waals surface area contributed by atoms with Gasteiger partial charge in [0.15, 0.2) is 0 Å². The minimum atomic E-state index is -1.05. The molecule has 1 fully saturated rings. The molecular weight excluding hydrogens is 432 g/mol. The third kappa shape index (κ3) is 3.79. The SMILES string of the molecule is COc1ccc(-c2cc3n(n2)C[C@](C)(C(=O)NCc2ccccc2OC)N(C2CC2)C3=O)cc1. The van der Waals surface area contributed by atoms with E-state index in [1.165, 1.54) is 0 Å². The van der Waals surface area contributed by atoms with Crippen LogP contribution < -0.4 is 14.8 Å². The van der Waals surface area contributed by atoms with Crippen LogP contribution in [0.25, 0.3) is 11.3 Å². The summed E-state index contributed by atoms with van der Waals surface area (Å²) in [4.78, 5) is 28.9. The van der Waals surface area contributed by atoms with Gasteiger partial charge in [-0.3, -0.25) is 14.3 Å². The van der Waals surface area contributed by atoms with Crippen LogP contribution in [0.3, 0.4) is 0 Å². The van der Waals surface area contributed by atoms with Gasteiger partial charge in [0.1, 0.15) is 22.7 Å². The molecule has 8 heteroatoms. The lowest BCUT2D eigenvalue weighted by Crippen LogP contribution is -2.64. The zero-order valence-corrected chi connectivity index (χ0v) is 19.6. The summed E-state index contributed by atoms with van der Waals surface area (Å²) in [6, 6.07) is 17.0. The first kappa shape index (κ1) is 22.0. The molecule has 176 valence electrons. The topological polar surface area (TPSA) is 85.7 Å². The van der Waals surface area contributed by atoms with Crippen molar-refractivity contribution in [2.24, 2.45) is 0 Å². The van der Waals surface area contributed by atoms with E-state index in [4.69, 9.17) is 14.6 Å². The van der Waals surface area contributed by atoms with Crippen LogP contribution in [0.4, 0.5) is 0 Å². The van der Waals surface area contributed by atoms with E-state index in [0.717, 1.165) is 29.7 Å². The maximum absolute atomic E-state index is 13.6. The van der Waals surface area contributed by atoms with Crippen molar-refractivity contribution in [2.45, 2.75) is 44.4 Å². The van der Waals surface area contributed by atoms with E-state index in [1.54, 1.807) is 23.8 Å². The Bertz CT molecular complexity index is 1230. The standard InChI is InChI=1S/C26H28N4O4/c1-26(25(32)27-15-18-6-4-5-7-23(18)34-3)16-29-22(24(31)30(26)19-10-11-19)14-21(28-29)17-8-12-20(33-2)13-9-17/h4-9,12-14,19H,10-11,15-16H2,1-3H3,(H,27,32)/t26-/m1/s1. The van der Waals surface area contributed by atoms with Crippen LogP contribution in [0.2, 0.25) is 0 Å². The van der Waals surface area contributed by atoms with E-state index in [2.05, 4.69) is 5.32 Å². The Kier molecular flexibility index (Phi) is 5.51. The summed E-state index contributed by atoms with van der Waals surface area (Å²) in [5, 5.41) is 7.72. The van der Waals surface area contributed by atoms with Gasteiger partial charge >= 0.3 is 0 Å². The number of benzene rings is 2. The molecule has 2 aliphatic rings. The maximum Gasteiger partial charge on any atom is 0.273 e. The van der Waals surface area contributed by atoms with Crippen molar-refractivity contribution in [3.05, 3.63) is 65.9 Å². The average Bonchev–Trinajstić information content (AvgIpc) is 3.60. The zero-order valence-electron chi connectivity index (χ0n) is 19.6. The Hall–Kier alpha value is -3.81. The molecule has 0 saturated heterocycles. The summed E-state index contributed by atoms with van der Waals surface area (Å²) in [5.74, 6) is 1.11. The fourth-order valence-corrected chi connectivity index (χ4v) is 4.63. The van der Waals surface area contributed by atoms with Crippen molar-refractivity contribution in [2.75, 3.05) is 14.2 Å². The minimum Gasteiger partial charge on any atom is -0.497 e. The third-order valence-corrected chi connectivity index (χ3v) is 6.63. The average molecular weight is 461 g/mol. The molecule has 1 aliphatic heterocycles. The number of para-hydroxylation sites is 1. The Morgan fingerprint density at radius 3 is 2.53 bits per heavy atom. The van der Waals surface area contributed by atoms with Crippen molar-refractivity contribution in [1.29, 1.82) is 0 Å². The molecule has 2 amide bonds. The second kappa shape index (κ2) is 8.52. The van der Waals surface area contributed by atoms with Gasteiger partial charge < -0.3 is 19.7 Å². The summed E-state index contributed by atoms with van der Waals surface area (Å²) in [7, 11) is 3.23. The van der Waals surface area contributed by atoms with Gasteiger partial charge in [-0.05, 0) is 56.2 Å². The summed E-state index contributed by atoms with van der Waals surface area (Å²) in [6.45, 7) is 2.44. The summed E-state index contributed by atoms with van der Waals surface area (Å²) >= 11 is 0. The highest BCUT2D eigenvalue weighted by Crippen LogP contribution is 2.39. The molecule has 5 rings (SSSR count). The lowest BCUT2D eigenvalue weighted by atomic mass is 9.94. The zero-order chi connectivity index (χ0) is 23.9. The Morgan fingerprint density at radius 1 is 1.12 bits per heavy atom. The molecule has 2 aromatic carbocycles. The van der Waals surface area contributed by atoms with Crippen LogP contribution in [-0.2, 0) is 17.9 Å². The highest BCUT2D eigenvalue weighted by molar-refractivity contribution is 6.00. The number of methoxy groups -OCH3 is 2. The predicted molar refractivity (Wildman–Crippen MR) is 127 cm³/mol. The number of nitrogens with one attached hydrogen (secondary N) is 1. The van der Waals surface area contributed by atoms with Crippen molar-refractivity contribution in [3.8, 4) is 22.8 Å². The summed E-state index contributed by atoms with van der Waals surface area (Å²) < 4.78 is 12.3. The second-order valence-electron chi connectivity index (χ2n) is 8.98. The molecule has 0 spiro atoms. The summed E-state index contributed by atoms with van der Waals surface area (Å²) in [6.07, 6.45) is 1.81. The van der Waals surface area contributed by atoms with Crippen molar-refractivity contribution < 1.29 is 19.1 Å². The van der Waals surface area contributed by atoms with E-state index in [1.807, 2.05) is 61.5 Å². The molecule has 0 radical (unpaired) electrons. The van der Waals surface area contributed by atoms with Crippen LogP contribution in [0.5, 0.6) is 11.5 Å². The number of hydrogen-bond acceptors (Lipinski definition) is 5. The lowest BCUT2D eigenvalue weighted by molar-refractivity contribution is -0.133. The normalized spacial score (nSPS) is 19.5. The first-order valence-corrected chi connectivity index (χ1v) is 11.4. The number of hydrogen-bond donors (Lipinski definition) is 1. The Labute approximate surface area is 198 Å². The highest BCUT2D eigenvalue weighted by Gasteiger charge is 2.53. The van der Waals surface area contributed by atoms with E-state index in [9.17, 15) is 9.59 Å². The molecule has 1 atom stereocenters. The van der Waals surface area contributed by atoms with Gasteiger partial charge in [-0.2, -0.15) is 5.10 Å². The van der Waals surface area contributed by atoms with Crippen LogP contribution in [0, 0.1) is 0 Å². The number of ether oxygens (including phenoxy) is 2. The first-order chi connectivity index (χ1) is 16.4. The number of nitrogens with zero attached hydrogens (tertiary/aromatic N) is 3. The Balaban J connectivity index is 1.43. The van der Waals surface area contributed by atoms with Crippen molar-refractivity contribution >= 4 is 11.8 Å². The number of carbonyl (C=O) groups is 2. The fraction of sp³-hybridized carbons (Fsp3) is 0.346. The molecule has 3 aromatic rings. The second-order valence-corrected chi connectivity index (χ2v) is 8.98. The maximum atomic E-state index is 13.6. The van der Waals surface area contributed by atoms with Crippen LogP contribution in [0.15, 0.2) is 54.6 Å². The molecule has 1 aliphatic carbocycles. The molecular formula is C26H28N4O4. The quantitative estimate of drug-likeness (QED) is 0.585.